The smallest absolute Gasteiger partial charge is 0.326 e. The van der Waals surface area contributed by atoms with E-state index in [1.54, 1.807) is 0 Å². The van der Waals surface area contributed by atoms with Crippen LogP contribution in [-0.2, 0) is 22.4 Å². The molecule has 18 heavy (non-hydrogen) atoms. The maximum Gasteiger partial charge on any atom is 0.326 e. The molecule has 2 bridgehead atoms. The van der Waals surface area contributed by atoms with Crippen LogP contribution in [0, 0.1) is 11.8 Å². The van der Waals surface area contributed by atoms with Crippen LogP contribution >= 0.6 is 0 Å². The van der Waals surface area contributed by atoms with Crippen LogP contribution in [0.3, 0.4) is 0 Å². The molecule has 2 N–H and O–H groups in total. The van der Waals surface area contributed by atoms with Crippen molar-refractivity contribution in [2.75, 3.05) is 7.11 Å². The van der Waals surface area contributed by atoms with Crippen molar-refractivity contribution in [3.8, 4) is 0 Å². The van der Waals surface area contributed by atoms with Gasteiger partial charge in [0.1, 0.15) is 5.54 Å². The van der Waals surface area contributed by atoms with Crippen molar-refractivity contribution in [2.45, 2.75) is 31.2 Å². The lowest BCUT2D eigenvalue weighted by atomic mass is 9.80. The fourth-order valence-corrected chi connectivity index (χ4v) is 3.75. The summed E-state index contributed by atoms with van der Waals surface area (Å²) in [7, 11) is 1.44. The van der Waals surface area contributed by atoms with Gasteiger partial charge in [0.25, 0.3) is 0 Å². The van der Waals surface area contributed by atoms with Crippen LogP contribution in [0.2, 0.25) is 0 Å². The molecule has 0 radical (unpaired) electrons. The Labute approximate surface area is 107 Å². The van der Waals surface area contributed by atoms with E-state index in [2.05, 4.69) is 24.3 Å². The van der Waals surface area contributed by atoms with Gasteiger partial charge in [-0.05, 0) is 48.6 Å². The topological polar surface area (TPSA) is 52.3 Å². The van der Waals surface area contributed by atoms with Crippen molar-refractivity contribution in [3.05, 3.63) is 35.4 Å². The molecule has 0 aromatic heterocycles. The number of hydrogen-bond donors (Lipinski definition) is 1. The van der Waals surface area contributed by atoms with E-state index in [1.807, 2.05) is 0 Å². The van der Waals surface area contributed by atoms with Gasteiger partial charge in [-0.1, -0.05) is 24.3 Å². The first-order chi connectivity index (χ1) is 8.66. The molecule has 0 heterocycles. The minimum absolute atomic E-state index is 0.221. The van der Waals surface area contributed by atoms with Crippen LogP contribution in [0.1, 0.15) is 24.0 Å². The number of fused-ring (bicyclic) bond motifs is 3. The third kappa shape index (κ3) is 1.50. The summed E-state index contributed by atoms with van der Waals surface area (Å²) in [4.78, 5) is 12.1. The fraction of sp³-hybridized carbons (Fsp3) is 0.533. The fourth-order valence-electron chi connectivity index (χ4n) is 3.75. The van der Waals surface area contributed by atoms with Gasteiger partial charge >= 0.3 is 5.97 Å². The number of carbonyl (C=O) groups is 1. The van der Waals surface area contributed by atoms with E-state index in [0.29, 0.717) is 0 Å². The van der Waals surface area contributed by atoms with Crippen molar-refractivity contribution in [3.63, 3.8) is 0 Å². The Balaban J connectivity index is 2.03. The van der Waals surface area contributed by atoms with Gasteiger partial charge in [-0.3, -0.25) is 4.79 Å². The molecule has 1 fully saturated rings. The number of esters is 1. The van der Waals surface area contributed by atoms with Crippen LogP contribution < -0.4 is 5.73 Å². The van der Waals surface area contributed by atoms with Crippen molar-refractivity contribution in [1.82, 2.24) is 0 Å². The van der Waals surface area contributed by atoms with Gasteiger partial charge < -0.3 is 10.5 Å². The van der Waals surface area contributed by atoms with Crippen molar-refractivity contribution < 1.29 is 9.53 Å². The molecule has 0 amide bonds. The lowest BCUT2D eigenvalue weighted by Gasteiger charge is -2.31. The van der Waals surface area contributed by atoms with Gasteiger partial charge in [0.05, 0.1) is 7.11 Å². The molecule has 0 aliphatic heterocycles. The molecule has 2 atom stereocenters. The largest absolute Gasteiger partial charge is 0.468 e. The first-order valence-corrected chi connectivity index (χ1v) is 6.60. The van der Waals surface area contributed by atoms with E-state index in [9.17, 15) is 4.79 Å². The third-order valence-electron chi connectivity index (χ3n) is 4.80. The van der Waals surface area contributed by atoms with Crippen LogP contribution in [0.15, 0.2) is 24.3 Å². The Kier molecular flexibility index (Phi) is 2.67. The zero-order valence-electron chi connectivity index (χ0n) is 10.7. The minimum Gasteiger partial charge on any atom is -0.468 e. The van der Waals surface area contributed by atoms with E-state index >= 15 is 0 Å². The predicted molar refractivity (Wildman–Crippen MR) is 69.0 cm³/mol. The standard InChI is InChI=1S/C15H19NO2/c1-18-14(17)15(16)12-6-7-13(15)9-11-5-3-2-4-10(11)8-12/h2-5,12-13H,6-9,16H2,1H3. The molecule has 2 unspecified atom stereocenters. The lowest BCUT2D eigenvalue weighted by Crippen LogP contribution is -2.56. The maximum atomic E-state index is 12.1. The highest BCUT2D eigenvalue weighted by Crippen LogP contribution is 2.46. The Bertz CT molecular complexity index is 450. The molecule has 3 rings (SSSR count). The summed E-state index contributed by atoms with van der Waals surface area (Å²) in [6, 6.07) is 8.45. The highest BCUT2D eigenvalue weighted by Gasteiger charge is 2.54. The molecule has 3 heteroatoms. The summed E-state index contributed by atoms with van der Waals surface area (Å²) in [5.74, 6) is 0.208. The zero-order valence-corrected chi connectivity index (χ0v) is 10.7. The molecule has 1 aromatic carbocycles. The number of benzene rings is 1. The first-order valence-electron chi connectivity index (χ1n) is 6.60. The van der Waals surface area contributed by atoms with Crippen molar-refractivity contribution >= 4 is 5.97 Å². The molecule has 1 aromatic rings. The van der Waals surface area contributed by atoms with Gasteiger partial charge in [-0.2, -0.15) is 0 Å². The first kappa shape index (κ1) is 11.7. The molecule has 0 spiro atoms. The second-order valence-corrected chi connectivity index (χ2v) is 5.57. The van der Waals surface area contributed by atoms with Crippen LogP contribution in [0.4, 0.5) is 0 Å². The summed E-state index contributed by atoms with van der Waals surface area (Å²) in [6.45, 7) is 0. The monoisotopic (exact) mass is 245 g/mol. The summed E-state index contributed by atoms with van der Waals surface area (Å²) in [5.41, 5.74) is 8.38. The second kappa shape index (κ2) is 4.09. The van der Waals surface area contributed by atoms with Gasteiger partial charge in [0.2, 0.25) is 0 Å². The summed E-state index contributed by atoms with van der Waals surface area (Å²) in [6.07, 6.45) is 3.87. The number of rotatable bonds is 1. The molecular formula is C15H19NO2. The third-order valence-corrected chi connectivity index (χ3v) is 4.80. The number of hydrogen-bond acceptors (Lipinski definition) is 3. The molecule has 3 nitrogen and oxygen atoms in total. The molecular weight excluding hydrogens is 226 g/mol. The molecule has 96 valence electrons. The average Bonchev–Trinajstić information content (AvgIpc) is 2.61. The molecule has 2 aliphatic carbocycles. The van der Waals surface area contributed by atoms with E-state index < -0.39 is 5.54 Å². The van der Waals surface area contributed by atoms with E-state index in [-0.39, 0.29) is 17.8 Å². The van der Waals surface area contributed by atoms with Crippen LogP contribution in [0.25, 0.3) is 0 Å². The Hall–Kier alpha value is -1.35. The van der Waals surface area contributed by atoms with E-state index in [0.717, 1.165) is 25.7 Å². The Morgan fingerprint density at radius 2 is 1.72 bits per heavy atom. The number of ether oxygens (including phenoxy) is 1. The lowest BCUT2D eigenvalue weighted by molar-refractivity contribution is -0.150. The minimum atomic E-state index is -0.784. The summed E-state index contributed by atoms with van der Waals surface area (Å²) >= 11 is 0. The van der Waals surface area contributed by atoms with E-state index in [1.165, 1.54) is 18.2 Å². The Morgan fingerprint density at radius 3 is 2.17 bits per heavy atom. The quantitative estimate of drug-likeness (QED) is 0.766. The highest BCUT2D eigenvalue weighted by molar-refractivity contribution is 5.82. The summed E-state index contributed by atoms with van der Waals surface area (Å²) in [5, 5.41) is 0. The highest BCUT2D eigenvalue weighted by atomic mass is 16.5. The number of methoxy groups -OCH3 is 1. The van der Waals surface area contributed by atoms with Gasteiger partial charge in [0, 0.05) is 0 Å². The predicted octanol–water partition coefficient (Wildman–Crippen LogP) is 1.68. The SMILES string of the molecule is COC(=O)C1(N)C2CCC1Cc1ccccc1C2. The van der Waals surface area contributed by atoms with Crippen molar-refractivity contribution in [1.29, 1.82) is 0 Å². The molecule has 0 saturated heterocycles. The molecule has 1 saturated carbocycles. The van der Waals surface area contributed by atoms with Crippen LogP contribution in [-0.4, -0.2) is 18.6 Å². The van der Waals surface area contributed by atoms with E-state index in [4.69, 9.17) is 10.5 Å². The number of carbonyl (C=O) groups excluding carboxylic acids is 1. The maximum absolute atomic E-state index is 12.1. The van der Waals surface area contributed by atoms with Gasteiger partial charge in [-0.25, -0.2) is 0 Å². The second-order valence-electron chi connectivity index (χ2n) is 5.57. The molecule has 2 aliphatic rings. The van der Waals surface area contributed by atoms with Gasteiger partial charge in [0.15, 0.2) is 0 Å². The average molecular weight is 245 g/mol. The zero-order chi connectivity index (χ0) is 12.8. The Morgan fingerprint density at radius 1 is 1.22 bits per heavy atom. The van der Waals surface area contributed by atoms with Crippen molar-refractivity contribution in [2.24, 2.45) is 17.6 Å². The van der Waals surface area contributed by atoms with Gasteiger partial charge in [-0.15, -0.1) is 0 Å². The normalized spacial score (nSPS) is 33.7. The number of nitrogens with two attached hydrogens (primary N) is 1. The van der Waals surface area contributed by atoms with Crippen LogP contribution in [0.5, 0.6) is 0 Å². The summed E-state index contributed by atoms with van der Waals surface area (Å²) < 4.78 is 4.96.